The summed E-state index contributed by atoms with van der Waals surface area (Å²) >= 11 is 0. The van der Waals surface area contributed by atoms with Gasteiger partial charge in [-0.3, -0.25) is 0 Å². The second-order valence-electron chi connectivity index (χ2n) is 4.94. The normalized spacial score (nSPS) is 11.2. The smallest absolute Gasteiger partial charge is 0.142 e. The Labute approximate surface area is 110 Å². The van der Waals surface area contributed by atoms with Gasteiger partial charge in [0.1, 0.15) is 11.5 Å². The van der Waals surface area contributed by atoms with Crippen molar-refractivity contribution in [2.24, 2.45) is 0 Å². The molecule has 0 fully saturated rings. The number of hydrogen-bond donors (Lipinski definition) is 1. The fourth-order valence-corrected chi connectivity index (χ4v) is 1.94. The summed E-state index contributed by atoms with van der Waals surface area (Å²) in [7, 11) is 7.38. The molecule has 0 saturated heterocycles. The Morgan fingerprint density at radius 1 is 1.22 bits per heavy atom. The van der Waals surface area contributed by atoms with Crippen LogP contribution in [0, 0.1) is 0 Å². The molecule has 1 rings (SSSR count). The lowest BCUT2D eigenvalue weighted by Crippen LogP contribution is -2.48. The molecule has 0 atom stereocenters. The van der Waals surface area contributed by atoms with Crippen LogP contribution in [0.4, 0.5) is 5.69 Å². The van der Waals surface area contributed by atoms with Crippen molar-refractivity contribution < 1.29 is 9.47 Å². The van der Waals surface area contributed by atoms with Crippen LogP contribution < -0.4 is 19.7 Å². The highest BCUT2D eigenvalue weighted by Gasteiger charge is 2.25. The summed E-state index contributed by atoms with van der Waals surface area (Å²) in [6.07, 6.45) is 0. The number of anilines is 1. The van der Waals surface area contributed by atoms with E-state index in [1.807, 2.05) is 25.2 Å². The van der Waals surface area contributed by atoms with E-state index in [9.17, 15) is 0 Å². The van der Waals surface area contributed by atoms with E-state index >= 15 is 0 Å². The molecule has 4 heteroatoms. The highest BCUT2D eigenvalue weighted by atomic mass is 16.5. The first-order valence-electron chi connectivity index (χ1n) is 6.06. The molecule has 18 heavy (non-hydrogen) atoms. The summed E-state index contributed by atoms with van der Waals surface area (Å²) in [5, 5.41) is 3.21. The van der Waals surface area contributed by atoms with Crippen molar-refractivity contribution in [3.05, 3.63) is 18.2 Å². The molecule has 0 aliphatic carbocycles. The minimum Gasteiger partial charge on any atom is -0.497 e. The molecule has 0 radical (unpaired) electrons. The molecule has 0 unspecified atom stereocenters. The van der Waals surface area contributed by atoms with Crippen LogP contribution in [0.1, 0.15) is 13.8 Å². The highest BCUT2D eigenvalue weighted by Crippen LogP contribution is 2.34. The molecule has 0 spiro atoms. The maximum absolute atomic E-state index is 5.42. The first-order chi connectivity index (χ1) is 8.46. The Balaban J connectivity index is 3.13. The molecule has 0 heterocycles. The van der Waals surface area contributed by atoms with E-state index in [4.69, 9.17) is 9.47 Å². The summed E-state index contributed by atoms with van der Waals surface area (Å²) < 4.78 is 10.7. The van der Waals surface area contributed by atoms with Crippen LogP contribution in [0.3, 0.4) is 0 Å². The summed E-state index contributed by atoms with van der Waals surface area (Å²) in [5.74, 6) is 1.68. The number of benzene rings is 1. The molecule has 0 saturated carbocycles. The van der Waals surface area contributed by atoms with Gasteiger partial charge >= 0.3 is 0 Å². The SMILES string of the molecule is CNCC(C)(C)N(C)c1cc(OC)ccc1OC. The fraction of sp³-hybridized carbons (Fsp3) is 0.571. The van der Waals surface area contributed by atoms with E-state index in [1.165, 1.54) is 0 Å². The van der Waals surface area contributed by atoms with Crippen molar-refractivity contribution in [3.63, 3.8) is 0 Å². The van der Waals surface area contributed by atoms with Crippen molar-refractivity contribution >= 4 is 5.69 Å². The third-order valence-electron chi connectivity index (χ3n) is 3.26. The van der Waals surface area contributed by atoms with Gasteiger partial charge in [0.05, 0.1) is 19.9 Å². The first kappa shape index (κ1) is 14.6. The highest BCUT2D eigenvalue weighted by molar-refractivity contribution is 5.62. The Hall–Kier alpha value is -1.42. The average molecular weight is 252 g/mol. The fourth-order valence-electron chi connectivity index (χ4n) is 1.94. The van der Waals surface area contributed by atoms with Crippen LogP contribution in [-0.2, 0) is 0 Å². The van der Waals surface area contributed by atoms with Crippen molar-refractivity contribution in [1.29, 1.82) is 0 Å². The Morgan fingerprint density at radius 2 is 1.89 bits per heavy atom. The molecular weight excluding hydrogens is 228 g/mol. The summed E-state index contributed by atoms with van der Waals surface area (Å²) in [6.45, 7) is 5.24. The average Bonchev–Trinajstić information content (AvgIpc) is 2.37. The van der Waals surface area contributed by atoms with Crippen LogP contribution >= 0.6 is 0 Å². The monoisotopic (exact) mass is 252 g/mol. The number of rotatable bonds is 6. The zero-order valence-electron chi connectivity index (χ0n) is 12.2. The Morgan fingerprint density at radius 3 is 2.39 bits per heavy atom. The lowest BCUT2D eigenvalue weighted by molar-refractivity contribution is 0.396. The maximum Gasteiger partial charge on any atom is 0.142 e. The minimum absolute atomic E-state index is 0.0194. The second-order valence-corrected chi connectivity index (χ2v) is 4.94. The van der Waals surface area contributed by atoms with E-state index in [2.05, 4.69) is 31.1 Å². The van der Waals surface area contributed by atoms with Crippen LogP contribution in [0.2, 0.25) is 0 Å². The number of likely N-dealkylation sites (N-methyl/N-ethyl adjacent to an activating group) is 2. The molecule has 0 amide bonds. The van der Waals surface area contributed by atoms with Crippen LogP contribution in [0.15, 0.2) is 18.2 Å². The van der Waals surface area contributed by atoms with Gasteiger partial charge in [0, 0.05) is 25.2 Å². The molecular formula is C14H24N2O2. The van der Waals surface area contributed by atoms with Crippen molar-refractivity contribution in [1.82, 2.24) is 5.32 Å². The van der Waals surface area contributed by atoms with Gasteiger partial charge in [-0.05, 0) is 33.0 Å². The van der Waals surface area contributed by atoms with Gasteiger partial charge in [0.25, 0.3) is 0 Å². The minimum atomic E-state index is -0.0194. The lowest BCUT2D eigenvalue weighted by Gasteiger charge is -2.38. The second kappa shape index (κ2) is 5.96. The molecule has 4 nitrogen and oxygen atoms in total. The molecule has 0 aromatic heterocycles. The van der Waals surface area contributed by atoms with Gasteiger partial charge in [-0.2, -0.15) is 0 Å². The van der Waals surface area contributed by atoms with Gasteiger partial charge in [0.15, 0.2) is 0 Å². The summed E-state index contributed by atoms with van der Waals surface area (Å²) in [6, 6.07) is 5.83. The zero-order chi connectivity index (χ0) is 13.8. The van der Waals surface area contributed by atoms with E-state index < -0.39 is 0 Å². The number of nitrogens with zero attached hydrogens (tertiary/aromatic N) is 1. The summed E-state index contributed by atoms with van der Waals surface area (Å²) in [5.41, 5.74) is 1.01. The number of hydrogen-bond acceptors (Lipinski definition) is 4. The largest absolute Gasteiger partial charge is 0.497 e. The number of ether oxygens (including phenoxy) is 2. The molecule has 0 bridgehead atoms. The van der Waals surface area contributed by atoms with Crippen LogP contribution in [0.5, 0.6) is 11.5 Å². The van der Waals surface area contributed by atoms with Gasteiger partial charge < -0.3 is 19.7 Å². The van der Waals surface area contributed by atoms with Gasteiger partial charge in [-0.1, -0.05) is 0 Å². The quantitative estimate of drug-likeness (QED) is 0.841. The van der Waals surface area contributed by atoms with Crippen LogP contribution in [0.25, 0.3) is 0 Å². The third-order valence-corrected chi connectivity index (χ3v) is 3.26. The maximum atomic E-state index is 5.42. The zero-order valence-corrected chi connectivity index (χ0v) is 12.2. The van der Waals surface area contributed by atoms with E-state index in [0.29, 0.717) is 0 Å². The van der Waals surface area contributed by atoms with Gasteiger partial charge in [0.2, 0.25) is 0 Å². The van der Waals surface area contributed by atoms with E-state index in [-0.39, 0.29) is 5.54 Å². The van der Waals surface area contributed by atoms with Crippen molar-refractivity contribution in [2.45, 2.75) is 19.4 Å². The van der Waals surface area contributed by atoms with Gasteiger partial charge in [-0.25, -0.2) is 0 Å². The van der Waals surface area contributed by atoms with Crippen molar-refractivity contribution in [2.75, 3.05) is 39.8 Å². The van der Waals surface area contributed by atoms with E-state index in [1.54, 1.807) is 14.2 Å². The molecule has 0 aliphatic heterocycles. The molecule has 1 aromatic carbocycles. The lowest BCUT2D eigenvalue weighted by atomic mass is 10.0. The summed E-state index contributed by atoms with van der Waals surface area (Å²) in [4.78, 5) is 2.20. The predicted molar refractivity (Wildman–Crippen MR) is 76.0 cm³/mol. The molecule has 0 aliphatic rings. The Bertz CT molecular complexity index is 391. The molecule has 102 valence electrons. The number of methoxy groups -OCH3 is 2. The van der Waals surface area contributed by atoms with Crippen molar-refractivity contribution in [3.8, 4) is 11.5 Å². The predicted octanol–water partition coefficient (Wildman–Crippen LogP) is 2.14. The topological polar surface area (TPSA) is 33.7 Å². The standard InChI is InChI=1S/C14H24N2O2/c1-14(2,10-15-3)16(4)12-9-11(17-5)7-8-13(12)18-6/h7-9,15H,10H2,1-6H3. The first-order valence-corrected chi connectivity index (χ1v) is 6.06. The van der Waals surface area contributed by atoms with Gasteiger partial charge in [-0.15, -0.1) is 0 Å². The third kappa shape index (κ3) is 3.07. The molecule has 1 aromatic rings. The molecule has 1 N–H and O–H groups in total. The Kier molecular flexibility index (Phi) is 4.84. The number of nitrogens with one attached hydrogen (secondary N) is 1. The van der Waals surface area contributed by atoms with E-state index in [0.717, 1.165) is 23.7 Å². The van der Waals surface area contributed by atoms with Crippen LogP contribution in [-0.4, -0.2) is 40.4 Å².